The van der Waals surface area contributed by atoms with Gasteiger partial charge in [0.05, 0.1) is 6.04 Å². The van der Waals surface area contributed by atoms with Gasteiger partial charge in [-0.05, 0) is 35.4 Å². The zero-order valence-corrected chi connectivity index (χ0v) is 10.1. The Morgan fingerprint density at radius 1 is 1.31 bits per heavy atom. The molecule has 0 saturated heterocycles. The van der Waals surface area contributed by atoms with E-state index in [0.29, 0.717) is 0 Å². The second-order valence-electron chi connectivity index (χ2n) is 3.62. The summed E-state index contributed by atoms with van der Waals surface area (Å²) in [5.41, 5.74) is 2.41. The van der Waals surface area contributed by atoms with Gasteiger partial charge in [0.2, 0.25) is 0 Å². The van der Waals surface area contributed by atoms with Crippen molar-refractivity contribution >= 4 is 11.3 Å². The van der Waals surface area contributed by atoms with Crippen LogP contribution in [0.2, 0.25) is 0 Å². The van der Waals surface area contributed by atoms with E-state index in [4.69, 9.17) is 0 Å². The lowest BCUT2D eigenvalue weighted by atomic mass is 10.0. The van der Waals surface area contributed by atoms with Crippen LogP contribution in [-0.4, -0.2) is 16.5 Å². The molecular weight excluding hydrogens is 218 g/mol. The summed E-state index contributed by atoms with van der Waals surface area (Å²) in [5.74, 6) is 0. The lowest BCUT2D eigenvalue weighted by molar-refractivity contribution is 0.596. The summed E-state index contributed by atoms with van der Waals surface area (Å²) in [4.78, 5) is 8.15. The van der Waals surface area contributed by atoms with Gasteiger partial charge in [0.25, 0.3) is 0 Å². The first-order valence-corrected chi connectivity index (χ1v) is 6.36. The van der Waals surface area contributed by atoms with E-state index in [1.807, 2.05) is 12.4 Å². The van der Waals surface area contributed by atoms with Gasteiger partial charge in [-0.15, -0.1) is 0 Å². The molecule has 3 nitrogen and oxygen atoms in total. The number of hydrogen-bond acceptors (Lipinski definition) is 4. The Labute approximate surface area is 99.6 Å². The van der Waals surface area contributed by atoms with Crippen molar-refractivity contribution in [3.63, 3.8) is 0 Å². The predicted molar refractivity (Wildman–Crippen MR) is 66.5 cm³/mol. The predicted octanol–water partition coefficient (Wildman–Crippen LogP) is 2.63. The highest BCUT2D eigenvalue weighted by Crippen LogP contribution is 2.22. The van der Waals surface area contributed by atoms with Crippen molar-refractivity contribution in [3.8, 4) is 0 Å². The van der Waals surface area contributed by atoms with Gasteiger partial charge in [-0.3, -0.25) is 0 Å². The standard InChI is InChI=1S/C12H15N3S/c1-2-4-15-12(10-3-5-16-8-10)11-6-13-9-14-7-11/h3,5-9,12,15H,2,4H2,1H3. The molecule has 1 atom stereocenters. The Hall–Kier alpha value is -1.26. The first-order chi connectivity index (χ1) is 7.92. The fourth-order valence-electron chi connectivity index (χ4n) is 1.62. The molecule has 0 fully saturated rings. The molecule has 0 aliphatic heterocycles. The fourth-order valence-corrected chi connectivity index (χ4v) is 2.30. The average Bonchev–Trinajstić information content (AvgIpc) is 2.85. The van der Waals surface area contributed by atoms with Gasteiger partial charge in [0.1, 0.15) is 6.33 Å². The van der Waals surface area contributed by atoms with Crippen LogP contribution in [0.4, 0.5) is 0 Å². The minimum absolute atomic E-state index is 0.215. The van der Waals surface area contributed by atoms with E-state index in [1.165, 1.54) is 5.56 Å². The maximum atomic E-state index is 4.08. The number of thiophene rings is 1. The highest BCUT2D eigenvalue weighted by atomic mass is 32.1. The van der Waals surface area contributed by atoms with Crippen LogP contribution in [0.3, 0.4) is 0 Å². The van der Waals surface area contributed by atoms with E-state index in [0.717, 1.165) is 18.5 Å². The molecule has 2 heterocycles. The second-order valence-corrected chi connectivity index (χ2v) is 4.40. The molecular formula is C12H15N3S. The molecule has 2 rings (SSSR count). The lowest BCUT2D eigenvalue weighted by Gasteiger charge is -2.16. The topological polar surface area (TPSA) is 37.8 Å². The molecule has 0 amide bonds. The molecule has 84 valence electrons. The van der Waals surface area contributed by atoms with Gasteiger partial charge >= 0.3 is 0 Å². The summed E-state index contributed by atoms with van der Waals surface area (Å²) in [6.45, 7) is 3.16. The van der Waals surface area contributed by atoms with E-state index >= 15 is 0 Å². The van der Waals surface area contributed by atoms with Crippen molar-refractivity contribution in [1.82, 2.24) is 15.3 Å². The fraction of sp³-hybridized carbons (Fsp3) is 0.333. The summed E-state index contributed by atoms with van der Waals surface area (Å²) in [5, 5.41) is 7.78. The first-order valence-electron chi connectivity index (χ1n) is 5.42. The maximum Gasteiger partial charge on any atom is 0.115 e. The van der Waals surface area contributed by atoms with Gasteiger partial charge in [-0.2, -0.15) is 11.3 Å². The minimum Gasteiger partial charge on any atom is -0.306 e. The number of nitrogens with one attached hydrogen (secondary N) is 1. The number of nitrogens with zero attached hydrogens (tertiary/aromatic N) is 2. The summed E-state index contributed by atoms with van der Waals surface area (Å²) in [6, 6.07) is 2.36. The Balaban J connectivity index is 2.21. The molecule has 4 heteroatoms. The molecule has 1 unspecified atom stereocenters. The molecule has 0 aliphatic rings. The Morgan fingerprint density at radius 2 is 2.12 bits per heavy atom. The van der Waals surface area contributed by atoms with Crippen LogP contribution in [0.25, 0.3) is 0 Å². The van der Waals surface area contributed by atoms with Crippen molar-refractivity contribution in [3.05, 3.63) is 46.7 Å². The van der Waals surface area contributed by atoms with Crippen LogP contribution in [0.5, 0.6) is 0 Å². The summed E-state index contributed by atoms with van der Waals surface area (Å²) >= 11 is 1.72. The zero-order chi connectivity index (χ0) is 11.2. The van der Waals surface area contributed by atoms with Crippen molar-refractivity contribution in [2.24, 2.45) is 0 Å². The van der Waals surface area contributed by atoms with E-state index < -0.39 is 0 Å². The van der Waals surface area contributed by atoms with Crippen LogP contribution in [0.1, 0.15) is 30.5 Å². The van der Waals surface area contributed by atoms with Gasteiger partial charge in [-0.25, -0.2) is 9.97 Å². The highest BCUT2D eigenvalue weighted by Gasteiger charge is 2.13. The smallest absolute Gasteiger partial charge is 0.115 e. The van der Waals surface area contributed by atoms with Crippen LogP contribution in [0.15, 0.2) is 35.5 Å². The average molecular weight is 233 g/mol. The van der Waals surface area contributed by atoms with Gasteiger partial charge in [0, 0.05) is 18.0 Å². The summed E-state index contributed by atoms with van der Waals surface area (Å²) < 4.78 is 0. The van der Waals surface area contributed by atoms with E-state index in [2.05, 4.69) is 39.0 Å². The van der Waals surface area contributed by atoms with Crippen LogP contribution < -0.4 is 5.32 Å². The molecule has 16 heavy (non-hydrogen) atoms. The molecule has 1 N–H and O–H groups in total. The highest BCUT2D eigenvalue weighted by molar-refractivity contribution is 7.08. The van der Waals surface area contributed by atoms with Gasteiger partial charge in [0.15, 0.2) is 0 Å². The molecule has 2 aromatic rings. The Morgan fingerprint density at radius 3 is 2.75 bits per heavy atom. The van der Waals surface area contributed by atoms with E-state index in [9.17, 15) is 0 Å². The maximum absolute atomic E-state index is 4.08. The van der Waals surface area contributed by atoms with Crippen LogP contribution in [-0.2, 0) is 0 Å². The molecule has 0 radical (unpaired) electrons. The lowest BCUT2D eigenvalue weighted by Crippen LogP contribution is -2.23. The number of rotatable bonds is 5. The Bertz CT molecular complexity index is 399. The third-order valence-electron chi connectivity index (χ3n) is 2.39. The molecule has 0 saturated carbocycles. The van der Waals surface area contributed by atoms with Crippen molar-refractivity contribution < 1.29 is 0 Å². The quantitative estimate of drug-likeness (QED) is 0.862. The van der Waals surface area contributed by atoms with Crippen molar-refractivity contribution in [2.75, 3.05) is 6.54 Å². The largest absolute Gasteiger partial charge is 0.306 e. The van der Waals surface area contributed by atoms with Crippen LogP contribution >= 0.6 is 11.3 Å². The molecule has 0 bridgehead atoms. The summed E-state index contributed by atoms with van der Waals surface area (Å²) in [6.07, 6.45) is 6.43. The molecule has 0 spiro atoms. The van der Waals surface area contributed by atoms with Crippen molar-refractivity contribution in [2.45, 2.75) is 19.4 Å². The van der Waals surface area contributed by atoms with Gasteiger partial charge < -0.3 is 5.32 Å². The van der Waals surface area contributed by atoms with E-state index in [1.54, 1.807) is 17.7 Å². The first kappa shape index (κ1) is 11.2. The number of hydrogen-bond donors (Lipinski definition) is 1. The SMILES string of the molecule is CCCNC(c1cncnc1)c1ccsc1. The zero-order valence-electron chi connectivity index (χ0n) is 9.26. The monoisotopic (exact) mass is 233 g/mol. The Kier molecular flexibility index (Phi) is 4.02. The molecule has 0 aliphatic carbocycles. The van der Waals surface area contributed by atoms with Crippen molar-refractivity contribution in [1.29, 1.82) is 0 Å². The summed E-state index contributed by atoms with van der Waals surface area (Å²) in [7, 11) is 0. The van der Waals surface area contributed by atoms with E-state index in [-0.39, 0.29) is 6.04 Å². The molecule has 2 aromatic heterocycles. The van der Waals surface area contributed by atoms with Gasteiger partial charge in [-0.1, -0.05) is 6.92 Å². The normalized spacial score (nSPS) is 12.6. The molecule has 0 aromatic carbocycles. The number of aromatic nitrogens is 2. The van der Waals surface area contributed by atoms with Crippen LogP contribution in [0, 0.1) is 0 Å². The third kappa shape index (κ3) is 2.65. The second kappa shape index (κ2) is 5.72. The minimum atomic E-state index is 0.215. The third-order valence-corrected chi connectivity index (χ3v) is 3.09.